The number of nitrogens with zero attached hydrogens (tertiary/aromatic N) is 2. The molecular formula is C24H23ClFN3O. The number of pyridine rings is 1. The Labute approximate surface area is 178 Å². The molecule has 2 aromatic carbocycles. The van der Waals surface area contributed by atoms with Crippen molar-refractivity contribution in [3.8, 4) is 0 Å². The number of nitrogens with one attached hydrogen (secondary N) is 1. The maximum atomic E-state index is 13.8. The lowest BCUT2D eigenvalue weighted by Gasteiger charge is -2.33. The highest BCUT2D eigenvalue weighted by atomic mass is 35.5. The number of aromatic amines is 1. The summed E-state index contributed by atoms with van der Waals surface area (Å²) in [5.74, 6) is 0.573. The van der Waals surface area contributed by atoms with Crippen LogP contribution in [0.3, 0.4) is 0 Å². The molecule has 6 heteroatoms. The molecule has 1 fully saturated rings. The second-order valence-corrected chi connectivity index (χ2v) is 8.83. The molecule has 0 amide bonds. The van der Waals surface area contributed by atoms with Crippen molar-refractivity contribution in [2.75, 3.05) is 0 Å². The van der Waals surface area contributed by atoms with Crippen LogP contribution in [0.25, 0.3) is 21.8 Å². The largest absolute Gasteiger partial charge is 0.295 e. The van der Waals surface area contributed by atoms with Crippen molar-refractivity contribution < 1.29 is 4.39 Å². The first-order chi connectivity index (χ1) is 14.5. The molecule has 0 unspecified atom stereocenters. The molecule has 0 saturated heterocycles. The number of H-pyrrole nitrogens is 1. The molecule has 2 heterocycles. The normalized spacial score (nSPS) is 20.6. The van der Waals surface area contributed by atoms with E-state index in [9.17, 15) is 9.18 Å². The predicted molar refractivity (Wildman–Crippen MR) is 119 cm³/mol. The molecule has 1 atom stereocenters. The fraction of sp³-hybridized carbons (Fsp3) is 0.333. The second kappa shape index (κ2) is 7.55. The van der Waals surface area contributed by atoms with Gasteiger partial charge in [-0.2, -0.15) is 0 Å². The van der Waals surface area contributed by atoms with Gasteiger partial charge in [-0.1, -0.05) is 11.6 Å². The summed E-state index contributed by atoms with van der Waals surface area (Å²) >= 11 is 6.06. The van der Waals surface area contributed by atoms with Gasteiger partial charge < -0.3 is 0 Å². The molecule has 30 heavy (non-hydrogen) atoms. The lowest BCUT2D eigenvalue weighted by atomic mass is 9.75. The lowest BCUT2D eigenvalue weighted by molar-refractivity contribution is 0.233. The Morgan fingerprint density at radius 2 is 1.90 bits per heavy atom. The van der Waals surface area contributed by atoms with Gasteiger partial charge in [-0.15, -0.1) is 0 Å². The first-order valence-electron chi connectivity index (χ1n) is 10.4. The van der Waals surface area contributed by atoms with Crippen LogP contribution in [-0.4, -0.2) is 14.8 Å². The summed E-state index contributed by atoms with van der Waals surface area (Å²) in [6.07, 6.45) is 5.90. The van der Waals surface area contributed by atoms with E-state index in [2.05, 4.69) is 17.0 Å². The maximum absolute atomic E-state index is 13.8. The van der Waals surface area contributed by atoms with Crippen LogP contribution in [0.4, 0.5) is 4.39 Å². The fourth-order valence-corrected chi connectivity index (χ4v) is 5.18. The molecule has 0 spiro atoms. The van der Waals surface area contributed by atoms with E-state index in [-0.39, 0.29) is 17.4 Å². The van der Waals surface area contributed by atoms with Crippen molar-refractivity contribution >= 4 is 33.4 Å². The van der Waals surface area contributed by atoms with Gasteiger partial charge in [-0.05, 0) is 92.5 Å². The molecule has 0 radical (unpaired) electrons. The van der Waals surface area contributed by atoms with Gasteiger partial charge in [0.2, 0.25) is 0 Å². The number of hydrogen-bond acceptors (Lipinski definition) is 2. The van der Waals surface area contributed by atoms with Gasteiger partial charge in [0.25, 0.3) is 5.56 Å². The van der Waals surface area contributed by atoms with Crippen LogP contribution in [0.2, 0.25) is 5.02 Å². The number of hydrogen-bond donors (Lipinski definition) is 1. The summed E-state index contributed by atoms with van der Waals surface area (Å²) in [4.78, 5) is 17.2. The first-order valence-corrected chi connectivity index (χ1v) is 10.8. The molecule has 2 aromatic heterocycles. The number of halogens is 2. The standard InChI is InChI=1S/C24H23ClFN3O/c1-14(29-24(30)21-12-17(25)6-8-23(21)28-29)15-2-4-16(5-3-15)19-10-11-27-22-9-7-18(26)13-20(19)22/h6-16,28H,2-5H2,1H3/t14-,15?,16?/m1/s1. The minimum absolute atomic E-state index is 0.0160. The molecule has 1 aliphatic carbocycles. The van der Waals surface area contributed by atoms with E-state index >= 15 is 0 Å². The van der Waals surface area contributed by atoms with Gasteiger partial charge >= 0.3 is 0 Å². The minimum Gasteiger partial charge on any atom is -0.295 e. The highest BCUT2D eigenvalue weighted by Crippen LogP contribution is 2.41. The number of benzene rings is 2. The quantitative estimate of drug-likeness (QED) is 0.426. The van der Waals surface area contributed by atoms with Crippen LogP contribution in [-0.2, 0) is 0 Å². The lowest BCUT2D eigenvalue weighted by Crippen LogP contribution is -2.28. The van der Waals surface area contributed by atoms with Gasteiger partial charge in [0.05, 0.1) is 22.5 Å². The molecule has 154 valence electrons. The van der Waals surface area contributed by atoms with Crippen LogP contribution in [0.5, 0.6) is 0 Å². The number of aromatic nitrogens is 3. The maximum Gasteiger partial charge on any atom is 0.274 e. The molecular weight excluding hydrogens is 401 g/mol. The topological polar surface area (TPSA) is 50.7 Å². The minimum atomic E-state index is -0.225. The summed E-state index contributed by atoms with van der Waals surface area (Å²) in [5.41, 5.74) is 2.82. The van der Waals surface area contributed by atoms with Crippen LogP contribution < -0.4 is 5.56 Å². The second-order valence-electron chi connectivity index (χ2n) is 8.39. The van der Waals surface area contributed by atoms with Gasteiger partial charge in [-0.3, -0.25) is 14.9 Å². The molecule has 4 aromatic rings. The Balaban J connectivity index is 1.37. The third-order valence-corrected chi connectivity index (χ3v) is 6.95. The highest BCUT2D eigenvalue weighted by molar-refractivity contribution is 6.31. The smallest absolute Gasteiger partial charge is 0.274 e. The number of rotatable bonds is 3. The number of fused-ring (bicyclic) bond motifs is 2. The molecule has 1 saturated carbocycles. The van der Waals surface area contributed by atoms with Crippen molar-refractivity contribution in [3.05, 3.63) is 75.4 Å². The Hall–Kier alpha value is -2.66. The van der Waals surface area contributed by atoms with Crippen molar-refractivity contribution in [3.63, 3.8) is 0 Å². The van der Waals surface area contributed by atoms with Gasteiger partial charge in [0.1, 0.15) is 5.82 Å². The summed E-state index contributed by atoms with van der Waals surface area (Å²) < 4.78 is 15.6. The highest BCUT2D eigenvalue weighted by Gasteiger charge is 2.29. The predicted octanol–water partition coefficient (Wildman–Crippen LogP) is 6.21. The van der Waals surface area contributed by atoms with Crippen LogP contribution in [0.15, 0.2) is 53.5 Å². The van der Waals surface area contributed by atoms with E-state index in [4.69, 9.17) is 11.6 Å². The average Bonchev–Trinajstić information content (AvgIpc) is 3.09. The van der Waals surface area contributed by atoms with Crippen LogP contribution in [0.1, 0.15) is 50.1 Å². The van der Waals surface area contributed by atoms with Crippen molar-refractivity contribution in [1.29, 1.82) is 0 Å². The molecule has 4 nitrogen and oxygen atoms in total. The monoisotopic (exact) mass is 423 g/mol. The molecule has 1 aliphatic rings. The van der Waals surface area contributed by atoms with Crippen LogP contribution in [0, 0.1) is 11.7 Å². The van der Waals surface area contributed by atoms with Gasteiger partial charge in [-0.25, -0.2) is 9.07 Å². The Kier molecular flexibility index (Phi) is 4.86. The molecule has 5 rings (SSSR count). The average molecular weight is 424 g/mol. The Morgan fingerprint density at radius 3 is 2.70 bits per heavy atom. The summed E-state index contributed by atoms with van der Waals surface area (Å²) in [7, 11) is 0. The van der Waals surface area contributed by atoms with E-state index < -0.39 is 0 Å². The fourth-order valence-electron chi connectivity index (χ4n) is 5.01. The summed E-state index contributed by atoms with van der Waals surface area (Å²) in [6.45, 7) is 2.11. The van der Waals surface area contributed by atoms with E-state index in [1.807, 2.05) is 18.3 Å². The van der Waals surface area contributed by atoms with Gasteiger partial charge in [0, 0.05) is 16.6 Å². The molecule has 0 aliphatic heterocycles. The van der Waals surface area contributed by atoms with Crippen molar-refractivity contribution in [2.24, 2.45) is 5.92 Å². The third-order valence-electron chi connectivity index (χ3n) is 6.71. The Bertz CT molecular complexity index is 1290. The van der Waals surface area contributed by atoms with E-state index in [0.717, 1.165) is 42.1 Å². The van der Waals surface area contributed by atoms with E-state index in [0.29, 0.717) is 22.2 Å². The summed E-state index contributed by atoms with van der Waals surface area (Å²) in [5, 5.41) is 5.37. The zero-order valence-electron chi connectivity index (χ0n) is 16.7. The molecule has 0 bridgehead atoms. The van der Waals surface area contributed by atoms with Crippen LogP contribution >= 0.6 is 11.6 Å². The van der Waals surface area contributed by atoms with Gasteiger partial charge in [0.15, 0.2) is 0 Å². The van der Waals surface area contributed by atoms with E-state index in [1.54, 1.807) is 28.9 Å². The van der Waals surface area contributed by atoms with E-state index in [1.165, 1.54) is 11.6 Å². The zero-order chi connectivity index (χ0) is 20.8. The zero-order valence-corrected chi connectivity index (χ0v) is 17.5. The third kappa shape index (κ3) is 3.31. The Morgan fingerprint density at radius 1 is 1.10 bits per heavy atom. The van der Waals surface area contributed by atoms with Crippen molar-refractivity contribution in [1.82, 2.24) is 14.8 Å². The first kappa shape index (κ1) is 19.3. The van der Waals surface area contributed by atoms with Crippen molar-refractivity contribution in [2.45, 2.75) is 44.6 Å². The summed E-state index contributed by atoms with van der Waals surface area (Å²) in [6, 6.07) is 12.3. The SMILES string of the molecule is C[C@H](C1CCC(c2ccnc3ccc(F)cc23)CC1)n1[nH]c2ccc(Cl)cc2c1=O. The molecule has 1 N–H and O–H groups in total.